The third-order valence-corrected chi connectivity index (χ3v) is 4.71. The molecule has 0 aromatic heterocycles. The van der Waals surface area contributed by atoms with Crippen LogP contribution in [0.25, 0.3) is 0 Å². The number of benzene rings is 1. The number of Topliss-reactive ketones (excluding diaryl/α,β-unsaturated/α-hetero) is 1. The molecule has 1 aromatic rings. The van der Waals surface area contributed by atoms with Crippen LogP contribution in [-0.2, 0) is 9.53 Å². The Balaban J connectivity index is 1.83. The second kappa shape index (κ2) is 10.7. The predicted octanol–water partition coefficient (Wildman–Crippen LogP) is 3.53. The largest absolute Gasteiger partial charge is 0.466 e. The van der Waals surface area contributed by atoms with Crippen LogP contribution in [0.2, 0.25) is 0 Å². The van der Waals surface area contributed by atoms with E-state index in [0.29, 0.717) is 25.0 Å². The van der Waals surface area contributed by atoms with E-state index < -0.39 is 6.10 Å². The SMILES string of the molecule is CCOC(=O)CCCCN(C)c1ccc(C(=O)C(O)C2C=CC=CC2)cc1. The number of rotatable bonds is 10. The average molecular weight is 371 g/mol. The number of carbonyl (C=O) groups excluding carboxylic acids is 2. The van der Waals surface area contributed by atoms with E-state index >= 15 is 0 Å². The maximum absolute atomic E-state index is 12.5. The highest BCUT2D eigenvalue weighted by molar-refractivity contribution is 5.99. The Bertz CT molecular complexity index is 678. The first-order chi connectivity index (χ1) is 13.0. The monoisotopic (exact) mass is 371 g/mol. The van der Waals surface area contributed by atoms with Crippen molar-refractivity contribution in [2.75, 3.05) is 25.1 Å². The Kier molecular flexibility index (Phi) is 8.27. The Labute approximate surface area is 161 Å². The molecule has 1 aliphatic rings. The van der Waals surface area contributed by atoms with E-state index in [-0.39, 0.29) is 17.7 Å². The van der Waals surface area contributed by atoms with Crippen LogP contribution >= 0.6 is 0 Å². The van der Waals surface area contributed by atoms with Crippen LogP contribution in [-0.4, -0.2) is 43.2 Å². The number of ether oxygens (including phenoxy) is 1. The number of aliphatic hydroxyl groups is 1. The molecule has 1 aliphatic carbocycles. The van der Waals surface area contributed by atoms with E-state index in [4.69, 9.17) is 4.74 Å². The van der Waals surface area contributed by atoms with Gasteiger partial charge in [-0.2, -0.15) is 0 Å². The molecular formula is C22H29NO4. The summed E-state index contributed by atoms with van der Waals surface area (Å²) >= 11 is 0. The average Bonchev–Trinajstić information content (AvgIpc) is 2.71. The molecule has 5 heteroatoms. The molecule has 2 rings (SSSR count). The number of anilines is 1. The number of esters is 1. The number of aliphatic hydroxyl groups excluding tert-OH is 1. The fraction of sp³-hybridized carbons (Fsp3) is 0.455. The predicted molar refractivity (Wildman–Crippen MR) is 107 cm³/mol. The molecule has 0 radical (unpaired) electrons. The molecule has 0 saturated heterocycles. The van der Waals surface area contributed by atoms with Crippen LogP contribution < -0.4 is 4.90 Å². The quantitative estimate of drug-likeness (QED) is 0.387. The summed E-state index contributed by atoms with van der Waals surface area (Å²) < 4.78 is 4.92. The fourth-order valence-electron chi connectivity index (χ4n) is 3.06. The smallest absolute Gasteiger partial charge is 0.305 e. The molecule has 0 bridgehead atoms. The summed E-state index contributed by atoms with van der Waals surface area (Å²) in [6, 6.07) is 7.31. The molecular weight excluding hydrogens is 342 g/mol. The van der Waals surface area contributed by atoms with Gasteiger partial charge in [-0.05, 0) is 50.5 Å². The van der Waals surface area contributed by atoms with E-state index in [2.05, 4.69) is 4.90 Å². The number of carbonyl (C=O) groups is 2. The molecule has 0 spiro atoms. The summed E-state index contributed by atoms with van der Waals surface area (Å²) in [6.07, 6.45) is 9.40. The van der Waals surface area contributed by atoms with Crippen molar-refractivity contribution in [3.8, 4) is 0 Å². The van der Waals surface area contributed by atoms with Crippen LogP contribution in [0.1, 0.15) is 43.0 Å². The van der Waals surface area contributed by atoms with Gasteiger partial charge in [-0.15, -0.1) is 0 Å². The summed E-state index contributed by atoms with van der Waals surface area (Å²) in [7, 11) is 1.98. The normalized spacial score (nSPS) is 16.8. The van der Waals surface area contributed by atoms with Crippen molar-refractivity contribution >= 4 is 17.4 Å². The molecule has 0 heterocycles. The van der Waals surface area contributed by atoms with Gasteiger partial charge in [0, 0.05) is 37.2 Å². The van der Waals surface area contributed by atoms with Gasteiger partial charge in [-0.3, -0.25) is 9.59 Å². The fourth-order valence-corrected chi connectivity index (χ4v) is 3.06. The van der Waals surface area contributed by atoms with Crippen LogP contribution in [0.15, 0.2) is 48.6 Å². The first-order valence-corrected chi connectivity index (χ1v) is 9.55. The minimum absolute atomic E-state index is 0.148. The molecule has 0 amide bonds. The molecule has 146 valence electrons. The van der Waals surface area contributed by atoms with Crippen molar-refractivity contribution in [1.29, 1.82) is 0 Å². The summed E-state index contributed by atoms with van der Waals surface area (Å²) in [4.78, 5) is 25.9. The minimum Gasteiger partial charge on any atom is -0.466 e. The van der Waals surface area contributed by atoms with Crippen molar-refractivity contribution in [2.24, 2.45) is 5.92 Å². The van der Waals surface area contributed by atoms with Crippen LogP contribution in [0.4, 0.5) is 5.69 Å². The number of hydrogen-bond acceptors (Lipinski definition) is 5. The van der Waals surface area contributed by atoms with Gasteiger partial charge in [0.05, 0.1) is 6.61 Å². The summed E-state index contributed by atoms with van der Waals surface area (Å²) in [5.41, 5.74) is 1.52. The van der Waals surface area contributed by atoms with Gasteiger partial charge in [0.25, 0.3) is 0 Å². The Hall–Kier alpha value is -2.40. The van der Waals surface area contributed by atoms with Gasteiger partial charge in [0.1, 0.15) is 6.10 Å². The minimum atomic E-state index is -1.02. The topological polar surface area (TPSA) is 66.8 Å². The van der Waals surface area contributed by atoms with Gasteiger partial charge >= 0.3 is 5.97 Å². The summed E-state index contributed by atoms with van der Waals surface area (Å²) in [5, 5.41) is 10.3. The molecule has 1 aromatic carbocycles. The highest BCUT2D eigenvalue weighted by atomic mass is 16.5. The first-order valence-electron chi connectivity index (χ1n) is 9.55. The van der Waals surface area contributed by atoms with Gasteiger partial charge in [-0.25, -0.2) is 0 Å². The molecule has 5 nitrogen and oxygen atoms in total. The second-order valence-corrected chi connectivity index (χ2v) is 6.75. The Morgan fingerprint density at radius 1 is 1.22 bits per heavy atom. The number of allylic oxidation sites excluding steroid dienone is 3. The number of unbranched alkanes of at least 4 members (excludes halogenated alkanes) is 1. The zero-order chi connectivity index (χ0) is 19.6. The molecule has 2 atom stereocenters. The highest BCUT2D eigenvalue weighted by Gasteiger charge is 2.25. The van der Waals surface area contributed by atoms with Crippen molar-refractivity contribution in [1.82, 2.24) is 0 Å². The van der Waals surface area contributed by atoms with E-state index in [0.717, 1.165) is 25.1 Å². The van der Waals surface area contributed by atoms with Crippen molar-refractivity contribution in [2.45, 2.75) is 38.7 Å². The molecule has 27 heavy (non-hydrogen) atoms. The Morgan fingerprint density at radius 2 is 1.96 bits per heavy atom. The van der Waals surface area contributed by atoms with Crippen molar-refractivity contribution < 1.29 is 19.4 Å². The molecule has 1 N–H and O–H groups in total. The lowest BCUT2D eigenvalue weighted by Crippen LogP contribution is -2.29. The lowest BCUT2D eigenvalue weighted by Gasteiger charge is -2.21. The van der Waals surface area contributed by atoms with Crippen molar-refractivity contribution in [3.05, 3.63) is 54.1 Å². The first kappa shape index (κ1) is 20.9. The highest BCUT2D eigenvalue weighted by Crippen LogP contribution is 2.21. The summed E-state index contributed by atoms with van der Waals surface area (Å²) in [5.74, 6) is -0.558. The number of ketones is 1. The third kappa shape index (κ3) is 6.36. The molecule has 0 aliphatic heterocycles. The van der Waals surface area contributed by atoms with Gasteiger partial charge in [0.2, 0.25) is 0 Å². The lowest BCUT2D eigenvalue weighted by molar-refractivity contribution is -0.143. The Morgan fingerprint density at radius 3 is 2.59 bits per heavy atom. The van der Waals surface area contributed by atoms with E-state index in [1.807, 2.05) is 50.4 Å². The van der Waals surface area contributed by atoms with Crippen LogP contribution in [0.5, 0.6) is 0 Å². The lowest BCUT2D eigenvalue weighted by atomic mass is 9.90. The zero-order valence-corrected chi connectivity index (χ0v) is 16.1. The van der Waals surface area contributed by atoms with Gasteiger partial charge in [-0.1, -0.05) is 24.3 Å². The summed E-state index contributed by atoms with van der Waals surface area (Å²) in [6.45, 7) is 3.04. The number of nitrogens with zero attached hydrogens (tertiary/aromatic N) is 1. The molecule has 0 saturated carbocycles. The molecule has 0 fully saturated rings. The van der Waals surface area contributed by atoms with E-state index in [1.165, 1.54) is 0 Å². The third-order valence-electron chi connectivity index (χ3n) is 4.71. The van der Waals surface area contributed by atoms with Crippen LogP contribution in [0, 0.1) is 5.92 Å². The van der Waals surface area contributed by atoms with Crippen LogP contribution in [0.3, 0.4) is 0 Å². The van der Waals surface area contributed by atoms with E-state index in [9.17, 15) is 14.7 Å². The maximum atomic E-state index is 12.5. The zero-order valence-electron chi connectivity index (χ0n) is 16.1. The number of hydrogen-bond donors (Lipinski definition) is 1. The van der Waals surface area contributed by atoms with Gasteiger partial charge in [0.15, 0.2) is 5.78 Å². The second-order valence-electron chi connectivity index (χ2n) is 6.75. The molecule has 2 unspecified atom stereocenters. The maximum Gasteiger partial charge on any atom is 0.305 e. The van der Waals surface area contributed by atoms with Crippen molar-refractivity contribution in [3.63, 3.8) is 0 Å². The van der Waals surface area contributed by atoms with Gasteiger partial charge < -0.3 is 14.7 Å². The standard InChI is InChI=1S/C22H29NO4/c1-3-27-20(24)11-7-8-16-23(2)19-14-12-18(13-15-19)22(26)21(25)17-9-5-4-6-10-17/h4-6,9,12-15,17,21,25H,3,7-8,10-11,16H2,1-2H3. The van der Waals surface area contributed by atoms with E-state index in [1.54, 1.807) is 12.1 Å².